The van der Waals surface area contributed by atoms with Crippen LogP contribution in [0.3, 0.4) is 0 Å². The van der Waals surface area contributed by atoms with Crippen molar-refractivity contribution in [3.63, 3.8) is 0 Å². The van der Waals surface area contributed by atoms with Gasteiger partial charge in [0, 0.05) is 19.5 Å². The van der Waals surface area contributed by atoms with Crippen LogP contribution < -0.4 is 0 Å². The van der Waals surface area contributed by atoms with Crippen LogP contribution >= 0.6 is 15.8 Å². The van der Waals surface area contributed by atoms with Gasteiger partial charge in [0.1, 0.15) is 0 Å². The van der Waals surface area contributed by atoms with E-state index in [9.17, 15) is 0 Å². The molecule has 0 N–H and O–H groups in total. The Hall–Kier alpha value is 0.963. The van der Waals surface area contributed by atoms with Gasteiger partial charge in [-0.1, -0.05) is 102 Å². The van der Waals surface area contributed by atoms with E-state index in [0.29, 0.717) is 15.5 Å². The van der Waals surface area contributed by atoms with Crippen molar-refractivity contribution in [2.75, 3.05) is 12.6 Å². The standard InChI is InChI=1S/C14H32P2.C8H12.Rh/c1-12(2,3)15(10)11-16(13(4,5)6)14(7,8)9;1-2-4-6-8-7-5-3-1;/h11H2,1-10H3;1-2,7-8H,3-6H2;/b;2-1-,8-7?;/t15-;;/m1../s1. The van der Waals surface area contributed by atoms with E-state index >= 15 is 0 Å². The van der Waals surface area contributed by atoms with Crippen LogP contribution in [0.5, 0.6) is 0 Å². The predicted octanol–water partition coefficient (Wildman–Crippen LogP) is 8.60. The number of allylic oxidation sites excluding steroid dienone is 4. The Morgan fingerprint density at radius 3 is 1.08 bits per heavy atom. The topological polar surface area (TPSA) is 0 Å². The molecule has 0 aliphatic heterocycles. The van der Waals surface area contributed by atoms with Crippen molar-refractivity contribution in [1.82, 2.24) is 0 Å². The summed E-state index contributed by atoms with van der Waals surface area (Å²) in [6.07, 6.45) is 14.0. The quantitative estimate of drug-likeness (QED) is 0.214. The van der Waals surface area contributed by atoms with E-state index in [0.717, 1.165) is 0 Å². The largest absolute Gasteiger partial charge is 0.0999 e. The molecule has 25 heavy (non-hydrogen) atoms. The Balaban J connectivity index is 0. The summed E-state index contributed by atoms with van der Waals surface area (Å²) < 4.78 is 0. The van der Waals surface area contributed by atoms with Gasteiger partial charge in [-0.3, -0.25) is 0 Å². The number of rotatable bonds is 2. The van der Waals surface area contributed by atoms with Crippen molar-refractivity contribution < 1.29 is 19.5 Å². The van der Waals surface area contributed by atoms with Gasteiger partial charge in [0.2, 0.25) is 0 Å². The van der Waals surface area contributed by atoms with Gasteiger partial charge in [-0.25, -0.2) is 0 Å². The number of hydrogen-bond acceptors (Lipinski definition) is 0. The van der Waals surface area contributed by atoms with Gasteiger partial charge in [0.05, 0.1) is 0 Å². The summed E-state index contributed by atoms with van der Waals surface area (Å²) in [4.78, 5) is 0. The first-order valence-corrected chi connectivity index (χ1v) is 13.1. The summed E-state index contributed by atoms with van der Waals surface area (Å²) in [6, 6.07) is 0. The molecule has 0 fully saturated rings. The summed E-state index contributed by atoms with van der Waals surface area (Å²) in [5.74, 6) is 1.46. The molecule has 0 aromatic carbocycles. The maximum absolute atomic E-state index is 2.49. The molecule has 0 saturated heterocycles. The van der Waals surface area contributed by atoms with Crippen molar-refractivity contribution >= 4 is 15.8 Å². The summed E-state index contributed by atoms with van der Waals surface area (Å²) in [5, 5.41) is 1.47. The molecule has 1 aliphatic rings. The first kappa shape index (κ1) is 28.2. The van der Waals surface area contributed by atoms with Crippen LogP contribution in [0.25, 0.3) is 0 Å². The zero-order valence-corrected chi connectivity index (χ0v) is 22.0. The van der Waals surface area contributed by atoms with E-state index in [-0.39, 0.29) is 35.3 Å². The Labute approximate surface area is 175 Å². The average Bonchev–Trinajstić information content (AvgIpc) is 2.31. The van der Waals surface area contributed by atoms with Crippen LogP contribution in [0, 0.1) is 0 Å². The summed E-state index contributed by atoms with van der Waals surface area (Å²) in [6.45, 7) is 24.2. The van der Waals surface area contributed by atoms with E-state index in [4.69, 9.17) is 0 Å². The monoisotopic (exact) mass is 473 g/mol. The molecular weight excluding hydrogens is 429 g/mol. The summed E-state index contributed by atoms with van der Waals surface area (Å²) >= 11 is 0. The minimum atomic E-state index is 0. The molecule has 1 aliphatic carbocycles. The van der Waals surface area contributed by atoms with E-state index in [1.165, 1.54) is 31.6 Å². The van der Waals surface area contributed by atoms with Crippen LogP contribution in [-0.4, -0.2) is 28.0 Å². The van der Waals surface area contributed by atoms with E-state index in [2.05, 4.69) is 93.3 Å². The molecule has 1 rings (SSSR count). The third kappa shape index (κ3) is 13.7. The van der Waals surface area contributed by atoms with Gasteiger partial charge in [0.25, 0.3) is 0 Å². The van der Waals surface area contributed by atoms with Gasteiger partial charge >= 0.3 is 0 Å². The zero-order valence-electron chi connectivity index (χ0n) is 18.6. The molecule has 0 bridgehead atoms. The van der Waals surface area contributed by atoms with E-state index in [1.54, 1.807) is 0 Å². The van der Waals surface area contributed by atoms with Crippen molar-refractivity contribution in [2.45, 2.75) is 103 Å². The second kappa shape index (κ2) is 12.4. The predicted molar refractivity (Wildman–Crippen MR) is 121 cm³/mol. The van der Waals surface area contributed by atoms with E-state index < -0.39 is 0 Å². The molecule has 0 heterocycles. The molecular formula is C22H44P2Rh. The second-order valence-electron chi connectivity index (χ2n) is 9.88. The fraction of sp³-hybridized carbons (Fsp3) is 0.818. The smallest absolute Gasteiger partial charge is 0 e. The van der Waals surface area contributed by atoms with Crippen molar-refractivity contribution in [1.29, 1.82) is 0 Å². The molecule has 0 saturated carbocycles. The maximum atomic E-state index is 2.49. The van der Waals surface area contributed by atoms with Gasteiger partial charge in [-0.15, -0.1) is 0 Å². The fourth-order valence-corrected chi connectivity index (χ4v) is 11.5. The summed E-state index contributed by atoms with van der Waals surface area (Å²) in [5.41, 5.74) is 0. The van der Waals surface area contributed by atoms with Crippen LogP contribution in [0.15, 0.2) is 24.3 Å². The van der Waals surface area contributed by atoms with Crippen molar-refractivity contribution in [2.24, 2.45) is 0 Å². The third-order valence-corrected chi connectivity index (χ3v) is 12.8. The zero-order chi connectivity index (χ0) is 19.0. The van der Waals surface area contributed by atoms with Crippen LogP contribution in [0.1, 0.15) is 88.0 Å². The van der Waals surface area contributed by atoms with Crippen LogP contribution in [-0.2, 0) is 19.5 Å². The van der Waals surface area contributed by atoms with Gasteiger partial charge in [-0.2, -0.15) is 0 Å². The van der Waals surface area contributed by atoms with Gasteiger partial charge in [0.15, 0.2) is 0 Å². The van der Waals surface area contributed by atoms with Gasteiger partial charge in [-0.05, 0) is 53.7 Å². The normalized spacial score (nSPS) is 18.4. The Morgan fingerprint density at radius 2 is 0.880 bits per heavy atom. The van der Waals surface area contributed by atoms with Crippen molar-refractivity contribution in [3.05, 3.63) is 24.3 Å². The first-order chi connectivity index (χ1) is 10.8. The molecule has 0 aromatic heterocycles. The Bertz CT molecular complexity index is 352. The third-order valence-electron chi connectivity index (χ3n) is 4.45. The molecule has 0 nitrogen and oxygen atoms in total. The molecule has 1 radical (unpaired) electrons. The summed E-state index contributed by atoms with van der Waals surface area (Å²) in [7, 11) is 0.222. The Kier molecular flexibility index (Phi) is 14.0. The maximum Gasteiger partial charge on any atom is 0 e. The van der Waals surface area contributed by atoms with Crippen LogP contribution in [0.4, 0.5) is 0 Å². The minimum absolute atomic E-state index is 0. The minimum Gasteiger partial charge on any atom is -0.0999 e. The molecule has 0 amide bonds. The fourth-order valence-electron chi connectivity index (χ4n) is 2.71. The Morgan fingerprint density at radius 1 is 0.600 bits per heavy atom. The van der Waals surface area contributed by atoms with E-state index in [1.807, 2.05) is 0 Å². The second-order valence-corrected chi connectivity index (χ2v) is 17.3. The number of hydrogen-bond donors (Lipinski definition) is 0. The SMILES string of the molecule is C1=CCC/C=C\CC1.C[P@](CP(C(C)(C)C)C(C)(C)C)C(C)(C)C.[Rh]. The van der Waals surface area contributed by atoms with Crippen LogP contribution in [0.2, 0.25) is 0 Å². The molecule has 0 aromatic rings. The molecule has 0 spiro atoms. The molecule has 1 atom stereocenters. The molecule has 0 unspecified atom stereocenters. The molecule has 3 heteroatoms. The van der Waals surface area contributed by atoms with Gasteiger partial charge < -0.3 is 0 Å². The molecule has 151 valence electrons. The average molecular weight is 473 g/mol. The van der Waals surface area contributed by atoms with Crippen molar-refractivity contribution in [3.8, 4) is 0 Å². The first-order valence-electron chi connectivity index (χ1n) is 9.55.